The highest BCUT2D eigenvalue weighted by Gasteiger charge is 2.09. The van der Waals surface area contributed by atoms with Gasteiger partial charge < -0.3 is 0 Å². The van der Waals surface area contributed by atoms with Gasteiger partial charge >= 0.3 is 0 Å². The fourth-order valence-corrected chi connectivity index (χ4v) is 1.59. The van der Waals surface area contributed by atoms with Crippen LogP contribution in [0.5, 0.6) is 0 Å². The third kappa shape index (κ3) is 2.27. The third-order valence-corrected chi connectivity index (χ3v) is 2.53. The van der Waals surface area contributed by atoms with Crippen LogP contribution in [0.15, 0.2) is 48.5 Å². The van der Waals surface area contributed by atoms with Crippen LogP contribution in [0.3, 0.4) is 0 Å². The van der Waals surface area contributed by atoms with Gasteiger partial charge in [-0.25, -0.2) is 8.78 Å². The minimum Gasteiger partial charge on any atom is -0.207 e. The van der Waals surface area contributed by atoms with Crippen molar-refractivity contribution in [3.05, 3.63) is 77.2 Å². The van der Waals surface area contributed by atoms with E-state index in [2.05, 4.69) is 0 Å². The Balaban J connectivity index is 2.31. The molecule has 0 amide bonds. The Morgan fingerprint density at radius 1 is 0.812 bits per heavy atom. The number of benzene rings is 2. The van der Waals surface area contributed by atoms with Gasteiger partial charge in [-0.3, -0.25) is 0 Å². The normalized spacial score (nSPS) is 10.8. The Bertz CT molecular complexity index is 474. The van der Waals surface area contributed by atoms with Crippen molar-refractivity contribution in [3.8, 4) is 0 Å². The van der Waals surface area contributed by atoms with Gasteiger partial charge in [0.25, 0.3) is 0 Å². The molecule has 0 fully saturated rings. The predicted octanol–water partition coefficient (Wildman–Crippen LogP) is 3.96. The first-order valence-electron chi connectivity index (χ1n) is 5.02. The van der Waals surface area contributed by atoms with E-state index in [1.54, 1.807) is 18.2 Å². The van der Waals surface area contributed by atoms with Gasteiger partial charge in [-0.15, -0.1) is 0 Å². The summed E-state index contributed by atoms with van der Waals surface area (Å²) in [6, 6.07) is 12.6. The van der Waals surface area contributed by atoms with Crippen LogP contribution in [-0.2, 0) is 0 Å². The summed E-state index contributed by atoms with van der Waals surface area (Å²) in [6.07, 6.45) is 0. The maximum atomic E-state index is 13.0. The molecule has 0 aliphatic rings. The fraction of sp³-hybridized carbons (Fsp3) is 0.0714. The van der Waals surface area contributed by atoms with Crippen molar-refractivity contribution in [1.82, 2.24) is 0 Å². The average Bonchev–Trinajstić information content (AvgIpc) is 2.29. The van der Waals surface area contributed by atoms with Crippen LogP contribution in [0.25, 0.3) is 0 Å². The number of rotatable bonds is 2. The lowest BCUT2D eigenvalue weighted by molar-refractivity contribution is 0.625. The summed E-state index contributed by atoms with van der Waals surface area (Å²) in [5.74, 6) is 0.397. The Morgan fingerprint density at radius 2 is 1.50 bits per heavy atom. The lowest BCUT2D eigenvalue weighted by atomic mass is 9.93. The molecular formula is C14H11F2. The van der Waals surface area contributed by atoms with E-state index in [-0.39, 0.29) is 11.6 Å². The summed E-state index contributed by atoms with van der Waals surface area (Å²) in [7, 11) is 0. The van der Waals surface area contributed by atoms with Crippen LogP contribution in [0, 0.1) is 17.6 Å². The van der Waals surface area contributed by atoms with Gasteiger partial charge in [-0.1, -0.05) is 31.2 Å². The van der Waals surface area contributed by atoms with Crippen molar-refractivity contribution < 1.29 is 8.78 Å². The van der Waals surface area contributed by atoms with E-state index in [4.69, 9.17) is 0 Å². The molecule has 0 aromatic heterocycles. The maximum Gasteiger partial charge on any atom is 0.123 e. The first-order valence-corrected chi connectivity index (χ1v) is 5.02. The van der Waals surface area contributed by atoms with Gasteiger partial charge in [0.2, 0.25) is 0 Å². The first-order chi connectivity index (χ1) is 7.66. The molecule has 0 N–H and O–H groups in total. The Labute approximate surface area is 93.5 Å². The van der Waals surface area contributed by atoms with Gasteiger partial charge in [-0.05, 0) is 35.4 Å². The van der Waals surface area contributed by atoms with Crippen LogP contribution in [0.4, 0.5) is 8.78 Å². The SMILES string of the molecule is C[C](c1ccc(F)cc1)c1cccc(F)c1. The molecule has 0 saturated carbocycles. The molecule has 0 heterocycles. The highest BCUT2D eigenvalue weighted by molar-refractivity contribution is 5.44. The summed E-state index contributed by atoms with van der Waals surface area (Å²) in [5, 5.41) is 0. The summed E-state index contributed by atoms with van der Waals surface area (Å²) >= 11 is 0. The molecule has 0 bridgehead atoms. The minimum absolute atomic E-state index is 0.265. The molecule has 2 aromatic rings. The topological polar surface area (TPSA) is 0 Å². The zero-order valence-corrected chi connectivity index (χ0v) is 8.87. The molecular weight excluding hydrogens is 206 g/mol. The van der Waals surface area contributed by atoms with Gasteiger partial charge in [-0.2, -0.15) is 0 Å². The van der Waals surface area contributed by atoms with E-state index in [9.17, 15) is 8.78 Å². The molecule has 0 aliphatic heterocycles. The van der Waals surface area contributed by atoms with Crippen LogP contribution in [0.2, 0.25) is 0 Å². The zero-order valence-electron chi connectivity index (χ0n) is 8.87. The van der Waals surface area contributed by atoms with Crippen molar-refractivity contribution in [2.24, 2.45) is 0 Å². The minimum atomic E-state index is -0.268. The first kappa shape index (κ1) is 10.8. The van der Waals surface area contributed by atoms with E-state index in [0.29, 0.717) is 0 Å². The molecule has 0 nitrogen and oxygen atoms in total. The Kier molecular flexibility index (Phi) is 3.00. The Morgan fingerprint density at radius 3 is 2.12 bits per heavy atom. The van der Waals surface area contributed by atoms with Gasteiger partial charge in [0.15, 0.2) is 0 Å². The van der Waals surface area contributed by atoms with E-state index in [1.807, 2.05) is 13.0 Å². The lowest BCUT2D eigenvalue weighted by Crippen LogP contribution is -1.97. The van der Waals surface area contributed by atoms with E-state index in [1.165, 1.54) is 24.3 Å². The smallest absolute Gasteiger partial charge is 0.123 e. The lowest BCUT2D eigenvalue weighted by Gasteiger charge is -2.11. The van der Waals surface area contributed by atoms with E-state index >= 15 is 0 Å². The molecule has 2 heteroatoms. The molecule has 2 rings (SSSR count). The van der Waals surface area contributed by atoms with Gasteiger partial charge in [0.05, 0.1) is 0 Å². The summed E-state index contributed by atoms with van der Waals surface area (Å²) < 4.78 is 25.8. The van der Waals surface area contributed by atoms with Gasteiger partial charge in [0.1, 0.15) is 11.6 Å². The molecule has 1 radical (unpaired) electrons. The molecule has 0 unspecified atom stereocenters. The molecule has 2 aromatic carbocycles. The molecule has 16 heavy (non-hydrogen) atoms. The van der Waals surface area contributed by atoms with Crippen LogP contribution >= 0.6 is 0 Å². The van der Waals surface area contributed by atoms with Crippen LogP contribution in [0.1, 0.15) is 18.1 Å². The van der Waals surface area contributed by atoms with Crippen LogP contribution < -0.4 is 0 Å². The maximum absolute atomic E-state index is 13.0. The molecule has 0 spiro atoms. The highest BCUT2D eigenvalue weighted by atomic mass is 19.1. The van der Waals surface area contributed by atoms with Crippen LogP contribution in [-0.4, -0.2) is 0 Å². The van der Waals surface area contributed by atoms with Gasteiger partial charge in [0, 0.05) is 5.92 Å². The fourth-order valence-electron chi connectivity index (χ4n) is 1.59. The summed E-state index contributed by atoms with van der Waals surface area (Å²) in [4.78, 5) is 0. The predicted molar refractivity (Wildman–Crippen MR) is 59.9 cm³/mol. The second-order valence-corrected chi connectivity index (χ2v) is 3.64. The number of hydrogen-bond acceptors (Lipinski definition) is 0. The largest absolute Gasteiger partial charge is 0.207 e. The summed E-state index contributed by atoms with van der Waals surface area (Å²) in [5.41, 5.74) is 1.71. The van der Waals surface area contributed by atoms with Crippen molar-refractivity contribution in [3.63, 3.8) is 0 Å². The monoisotopic (exact) mass is 217 g/mol. The molecule has 0 saturated heterocycles. The van der Waals surface area contributed by atoms with Crippen molar-refractivity contribution in [2.75, 3.05) is 0 Å². The van der Waals surface area contributed by atoms with E-state index in [0.717, 1.165) is 17.0 Å². The summed E-state index contributed by atoms with van der Waals surface area (Å²) in [6.45, 7) is 1.89. The zero-order chi connectivity index (χ0) is 11.5. The number of hydrogen-bond donors (Lipinski definition) is 0. The average molecular weight is 217 g/mol. The molecule has 0 aliphatic carbocycles. The Hall–Kier alpha value is -1.70. The molecule has 0 atom stereocenters. The molecule has 81 valence electrons. The van der Waals surface area contributed by atoms with Crippen molar-refractivity contribution in [2.45, 2.75) is 6.92 Å². The van der Waals surface area contributed by atoms with Crippen molar-refractivity contribution in [1.29, 1.82) is 0 Å². The third-order valence-electron chi connectivity index (χ3n) is 2.53. The van der Waals surface area contributed by atoms with Crippen molar-refractivity contribution >= 4 is 0 Å². The standard InChI is InChI=1S/C14H11F2/c1-10(11-5-7-13(15)8-6-11)12-3-2-4-14(16)9-12/h2-9H,1H3. The second-order valence-electron chi connectivity index (χ2n) is 3.64. The second kappa shape index (κ2) is 4.44. The quantitative estimate of drug-likeness (QED) is 0.714. The van der Waals surface area contributed by atoms with E-state index < -0.39 is 0 Å². The number of halogens is 2. The highest BCUT2D eigenvalue weighted by Crippen LogP contribution is 2.23.